The predicted octanol–water partition coefficient (Wildman–Crippen LogP) is 3.58. The van der Waals surface area contributed by atoms with Gasteiger partial charge in [0.1, 0.15) is 0 Å². The Morgan fingerprint density at radius 1 is 1.26 bits per heavy atom. The number of aromatic nitrogens is 2. The number of carbonyl (C=O) groups excluding carboxylic acids is 1. The normalized spacial score (nSPS) is 17.7. The predicted molar refractivity (Wildman–Crippen MR) is 108 cm³/mol. The molecule has 0 radical (unpaired) electrons. The Kier molecular flexibility index (Phi) is 5.65. The van der Waals surface area contributed by atoms with Gasteiger partial charge in [0, 0.05) is 32.0 Å². The number of benzene rings is 1. The molecule has 140 valence electrons. The van der Waals surface area contributed by atoms with Crippen molar-refractivity contribution in [1.82, 2.24) is 20.0 Å². The third kappa shape index (κ3) is 4.64. The Balaban J connectivity index is 1.32. The van der Waals surface area contributed by atoms with E-state index < -0.39 is 0 Å². The van der Waals surface area contributed by atoms with Gasteiger partial charge >= 0.3 is 0 Å². The summed E-state index contributed by atoms with van der Waals surface area (Å²) in [5.41, 5.74) is 2.39. The van der Waals surface area contributed by atoms with E-state index in [2.05, 4.69) is 39.6 Å². The SMILES string of the molecule is O=C(NCC1CCCN(Cc2cccc(-n3cccn3)c2)C1)c1cccs1. The third-order valence-corrected chi connectivity index (χ3v) is 5.85. The van der Waals surface area contributed by atoms with E-state index in [1.165, 1.54) is 29.7 Å². The molecule has 0 aliphatic carbocycles. The Morgan fingerprint density at radius 2 is 2.22 bits per heavy atom. The van der Waals surface area contributed by atoms with Gasteiger partial charge in [0.05, 0.1) is 10.6 Å². The topological polar surface area (TPSA) is 50.2 Å². The van der Waals surface area contributed by atoms with Crippen LogP contribution in [0.1, 0.15) is 28.1 Å². The van der Waals surface area contributed by atoms with E-state index in [9.17, 15) is 4.79 Å². The molecule has 1 fully saturated rings. The highest BCUT2D eigenvalue weighted by Crippen LogP contribution is 2.19. The smallest absolute Gasteiger partial charge is 0.261 e. The number of nitrogens with zero attached hydrogens (tertiary/aromatic N) is 3. The van der Waals surface area contributed by atoms with Crippen molar-refractivity contribution in [2.75, 3.05) is 19.6 Å². The third-order valence-electron chi connectivity index (χ3n) is 4.99. The molecule has 3 aromatic rings. The first-order valence-electron chi connectivity index (χ1n) is 9.41. The number of hydrogen-bond acceptors (Lipinski definition) is 4. The van der Waals surface area contributed by atoms with Crippen LogP contribution in [-0.4, -0.2) is 40.2 Å². The summed E-state index contributed by atoms with van der Waals surface area (Å²) in [5.74, 6) is 0.561. The molecule has 27 heavy (non-hydrogen) atoms. The van der Waals surface area contributed by atoms with E-state index in [1.54, 1.807) is 6.20 Å². The van der Waals surface area contributed by atoms with E-state index in [-0.39, 0.29) is 5.91 Å². The number of nitrogens with one attached hydrogen (secondary N) is 1. The van der Waals surface area contributed by atoms with E-state index in [1.807, 2.05) is 34.5 Å². The standard InChI is InChI=1S/C21H24N4OS/c26-21(20-8-3-12-27-20)22-14-18-6-2-10-24(16-18)15-17-5-1-7-19(13-17)25-11-4-9-23-25/h1,3-5,7-9,11-13,18H,2,6,10,14-16H2,(H,22,26). The van der Waals surface area contributed by atoms with E-state index in [4.69, 9.17) is 0 Å². The highest BCUT2D eigenvalue weighted by atomic mass is 32.1. The van der Waals surface area contributed by atoms with Gasteiger partial charge in [0.15, 0.2) is 0 Å². The van der Waals surface area contributed by atoms with Crippen molar-refractivity contribution in [3.63, 3.8) is 0 Å². The number of likely N-dealkylation sites (tertiary alicyclic amines) is 1. The van der Waals surface area contributed by atoms with Crippen LogP contribution in [0, 0.1) is 5.92 Å². The van der Waals surface area contributed by atoms with Crippen LogP contribution < -0.4 is 5.32 Å². The van der Waals surface area contributed by atoms with Gasteiger partial charge in [-0.25, -0.2) is 4.68 Å². The summed E-state index contributed by atoms with van der Waals surface area (Å²) in [6.07, 6.45) is 6.12. The minimum Gasteiger partial charge on any atom is -0.351 e. The molecule has 1 aliphatic heterocycles. The van der Waals surface area contributed by atoms with Gasteiger partial charge in [-0.05, 0) is 60.5 Å². The Hall–Kier alpha value is -2.44. The molecule has 0 spiro atoms. The van der Waals surface area contributed by atoms with Crippen molar-refractivity contribution in [1.29, 1.82) is 0 Å². The van der Waals surface area contributed by atoms with Gasteiger partial charge < -0.3 is 5.32 Å². The lowest BCUT2D eigenvalue weighted by molar-refractivity contribution is 0.0934. The molecule has 6 heteroatoms. The molecule has 3 heterocycles. The summed E-state index contributed by atoms with van der Waals surface area (Å²) in [6, 6.07) is 14.3. The number of amides is 1. The van der Waals surface area contributed by atoms with Crippen molar-refractivity contribution in [3.05, 3.63) is 70.7 Å². The number of carbonyl (C=O) groups is 1. The molecule has 4 rings (SSSR count). The zero-order valence-corrected chi connectivity index (χ0v) is 16.1. The molecule has 1 saturated heterocycles. The fraction of sp³-hybridized carbons (Fsp3) is 0.333. The van der Waals surface area contributed by atoms with Gasteiger partial charge in [0.2, 0.25) is 0 Å². The number of thiophene rings is 1. The number of rotatable bonds is 6. The second-order valence-corrected chi connectivity index (χ2v) is 8.00. The van der Waals surface area contributed by atoms with Crippen LogP contribution in [0.4, 0.5) is 0 Å². The lowest BCUT2D eigenvalue weighted by atomic mass is 9.97. The molecule has 1 aromatic carbocycles. The molecule has 1 atom stereocenters. The van der Waals surface area contributed by atoms with Gasteiger partial charge in [0.25, 0.3) is 5.91 Å². The number of hydrogen-bond donors (Lipinski definition) is 1. The average Bonchev–Trinajstić information content (AvgIpc) is 3.40. The Bertz CT molecular complexity index is 860. The zero-order valence-electron chi connectivity index (χ0n) is 15.3. The monoisotopic (exact) mass is 380 g/mol. The quantitative estimate of drug-likeness (QED) is 0.711. The fourth-order valence-corrected chi connectivity index (χ4v) is 4.31. The lowest BCUT2D eigenvalue weighted by Gasteiger charge is -2.32. The van der Waals surface area contributed by atoms with E-state index in [0.29, 0.717) is 5.92 Å². The van der Waals surface area contributed by atoms with Gasteiger partial charge in [-0.3, -0.25) is 9.69 Å². The summed E-state index contributed by atoms with van der Waals surface area (Å²) in [5, 5.41) is 9.35. The van der Waals surface area contributed by atoms with Gasteiger partial charge in [-0.1, -0.05) is 18.2 Å². The summed E-state index contributed by atoms with van der Waals surface area (Å²) in [6.45, 7) is 3.82. The highest BCUT2D eigenvalue weighted by molar-refractivity contribution is 7.12. The van der Waals surface area contributed by atoms with Gasteiger partial charge in [-0.2, -0.15) is 5.10 Å². The Labute approximate surface area is 163 Å². The molecule has 2 aromatic heterocycles. The van der Waals surface area contributed by atoms with Crippen molar-refractivity contribution in [2.24, 2.45) is 5.92 Å². The van der Waals surface area contributed by atoms with Crippen molar-refractivity contribution in [2.45, 2.75) is 19.4 Å². The molecule has 0 bridgehead atoms. The minimum atomic E-state index is 0.0500. The largest absolute Gasteiger partial charge is 0.351 e. The first kappa shape index (κ1) is 17.9. The average molecular weight is 381 g/mol. The molecule has 5 nitrogen and oxygen atoms in total. The van der Waals surface area contributed by atoms with Crippen LogP contribution in [0.3, 0.4) is 0 Å². The second kappa shape index (κ2) is 8.50. The van der Waals surface area contributed by atoms with Crippen molar-refractivity contribution < 1.29 is 4.79 Å². The van der Waals surface area contributed by atoms with Crippen LogP contribution >= 0.6 is 11.3 Å². The van der Waals surface area contributed by atoms with Crippen LogP contribution in [0.2, 0.25) is 0 Å². The van der Waals surface area contributed by atoms with Crippen LogP contribution in [0.5, 0.6) is 0 Å². The van der Waals surface area contributed by atoms with Crippen LogP contribution in [0.25, 0.3) is 5.69 Å². The minimum absolute atomic E-state index is 0.0500. The summed E-state index contributed by atoms with van der Waals surface area (Å²) in [7, 11) is 0. The molecule has 1 aliphatic rings. The summed E-state index contributed by atoms with van der Waals surface area (Å²) >= 11 is 1.49. The van der Waals surface area contributed by atoms with Crippen molar-refractivity contribution in [3.8, 4) is 5.69 Å². The first-order valence-corrected chi connectivity index (χ1v) is 10.3. The second-order valence-electron chi connectivity index (χ2n) is 7.05. The Morgan fingerprint density at radius 3 is 3.04 bits per heavy atom. The first-order chi connectivity index (χ1) is 13.3. The highest BCUT2D eigenvalue weighted by Gasteiger charge is 2.21. The summed E-state index contributed by atoms with van der Waals surface area (Å²) in [4.78, 5) is 15.4. The van der Waals surface area contributed by atoms with Gasteiger partial charge in [-0.15, -0.1) is 11.3 Å². The summed E-state index contributed by atoms with van der Waals surface area (Å²) < 4.78 is 1.89. The maximum atomic E-state index is 12.1. The van der Waals surface area contributed by atoms with Crippen LogP contribution in [0.15, 0.2) is 60.2 Å². The number of piperidine rings is 1. The molecule has 1 N–H and O–H groups in total. The molecular weight excluding hydrogens is 356 g/mol. The zero-order chi connectivity index (χ0) is 18.5. The molecule has 1 amide bonds. The van der Waals surface area contributed by atoms with Crippen LogP contribution in [-0.2, 0) is 6.54 Å². The molecular formula is C21H24N4OS. The molecule has 1 unspecified atom stereocenters. The lowest BCUT2D eigenvalue weighted by Crippen LogP contribution is -2.40. The van der Waals surface area contributed by atoms with Crippen molar-refractivity contribution >= 4 is 17.2 Å². The van der Waals surface area contributed by atoms with E-state index >= 15 is 0 Å². The maximum Gasteiger partial charge on any atom is 0.261 e. The maximum absolute atomic E-state index is 12.1. The molecule has 0 saturated carbocycles. The fourth-order valence-electron chi connectivity index (χ4n) is 3.67. The van der Waals surface area contributed by atoms with E-state index in [0.717, 1.165) is 36.7 Å².